The van der Waals surface area contributed by atoms with Gasteiger partial charge in [-0.15, -0.1) is 0 Å². The summed E-state index contributed by atoms with van der Waals surface area (Å²) >= 11 is 0. The highest BCUT2D eigenvalue weighted by Crippen LogP contribution is 2.56. The lowest BCUT2D eigenvalue weighted by Gasteiger charge is -2.44. The Balaban J connectivity index is 1.67. The van der Waals surface area contributed by atoms with Crippen molar-refractivity contribution in [2.45, 2.75) is 61.0 Å². The Labute approximate surface area is 245 Å². The molecular formula is C28H34O15. The van der Waals surface area contributed by atoms with E-state index in [0.29, 0.717) is 5.56 Å². The number of fused-ring (bicyclic) bond motifs is 1. The summed E-state index contributed by atoms with van der Waals surface area (Å²) in [6.45, 7) is -2.16. The molecule has 8 N–H and O–H groups in total. The minimum atomic E-state index is -2.08. The summed E-state index contributed by atoms with van der Waals surface area (Å²) in [5.41, 5.74) is -1.98. The lowest BCUT2D eigenvalue weighted by molar-refractivity contribution is -0.287. The predicted molar refractivity (Wildman–Crippen MR) is 141 cm³/mol. The third-order valence-electron chi connectivity index (χ3n) is 7.98. The first-order valence-electron chi connectivity index (χ1n) is 13.4. The standard InChI is InChI=1S/C28H34O15/c1-38-22-17(21-16(19(34)24(22)39-2)13(32)7-14(41-21)11-3-5-12(31)6-4-11)23-25(20(35)18(33)15(8-29)42-23)43-27-26(36)28(37,9-30)10-40-27/h3-6,14-15,18,20,23,25-27,29-31,33-37H,7-10H2,1-2H3/t14?,15-,18-,20+,23+,25-,26+,27+,28?/m1/s1. The second kappa shape index (κ2) is 12.0. The molecule has 0 radical (unpaired) electrons. The van der Waals surface area contributed by atoms with Crippen LogP contribution in [-0.2, 0) is 14.2 Å². The molecule has 15 heteroatoms. The maximum absolute atomic E-state index is 13.5. The second-order valence-corrected chi connectivity index (χ2v) is 10.6. The van der Waals surface area contributed by atoms with Crippen molar-refractivity contribution in [1.82, 2.24) is 0 Å². The highest BCUT2D eigenvalue weighted by atomic mass is 16.7. The zero-order valence-electron chi connectivity index (χ0n) is 23.2. The number of aliphatic hydroxyl groups is 6. The van der Waals surface area contributed by atoms with Crippen LogP contribution in [0.5, 0.6) is 28.7 Å². The molecule has 0 aliphatic carbocycles. The fourth-order valence-corrected chi connectivity index (χ4v) is 5.59. The van der Waals surface area contributed by atoms with Gasteiger partial charge in [0, 0.05) is 0 Å². The quantitative estimate of drug-likeness (QED) is 0.175. The minimum absolute atomic E-state index is 0.0152. The van der Waals surface area contributed by atoms with Crippen LogP contribution in [0.4, 0.5) is 0 Å². The number of carbonyl (C=O) groups excluding carboxylic acids is 1. The highest BCUT2D eigenvalue weighted by molar-refractivity contribution is 6.04. The van der Waals surface area contributed by atoms with Crippen LogP contribution in [0.2, 0.25) is 0 Å². The molecular weight excluding hydrogens is 576 g/mol. The van der Waals surface area contributed by atoms with Crippen molar-refractivity contribution < 1.29 is 74.1 Å². The summed E-state index contributed by atoms with van der Waals surface area (Å²) in [6.07, 6.45) is -12.7. The van der Waals surface area contributed by atoms with Crippen LogP contribution in [0.3, 0.4) is 0 Å². The van der Waals surface area contributed by atoms with Gasteiger partial charge in [-0.2, -0.15) is 0 Å². The van der Waals surface area contributed by atoms with E-state index in [-0.39, 0.29) is 40.5 Å². The first-order valence-corrected chi connectivity index (χ1v) is 13.4. The maximum Gasteiger partial charge on any atom is 0.204 e. The molecule has 3 heterocycles. The summed E-state index contributed by atoms with van der Waals surface area (Å²) < 4.78 is 34.4. The Hall–Kier alpha value is -3.25. The molecule has 0 aromatic heterocycles. The van der Waals surface area contributed by atoms with Crippen LogP contribution in [0, 0.1) is 0 Å². The molecule has 5 rings (SSSR count). The van der Waals surface area contributed by atoms with Crippen molar-refractivity contribution >= 4 is 5.78 Å². The minimum Gasteiger partial charge on any atom is -0.508 e. The molecule has 2 aromatic carbocycles. The van der Waals surface area contributed by atoms with Crippen LogP contribution in [0.15, 0.2) is 24.3 Å². The van der Waals surface area contributed by atoms with E-state index in [1.165, 1.54) is 26.4 Å². The number of hydrogen-bond acceptors (Lipinski definition) is 15. The van der Waals surface area contributed by atoms with Gasteiger partial charge in [-0.25, -0.2) is 0 Å². The molecule has 2 aromatic rings. The van der Waals surface area contributed by atoms with Crippen molar-refractivity contribution in [1.29, 1.82) is 0 Å². The van der Waals surface area contributed by atoms with Crippen molar-refractivity contribution in [3.8, 4) is 28.7 Å². The summed E-state index contributed by atoms with van der Waals surface area (Å²) in [5, 5.41) is 83.3. The van der Waals surface area contributed by atoms with E-state index in [2.05, 4.69) is 0 Å². The van der Waals surface area contributed by atoms with E-state index >= 15 is 0 Å². The van der Waals surface area contributed by atoms with Gasteiger partial charge >= 0.3 is 0 Å². The van der Waals surface area contributed by atoms with E-state index in [0.717, 1.165) is 0 Å². The van der Waals surface area contributed by atoms with Crippen molar-refractivity contribution in [3.63, 3.8) is 0 Å². The first kappa shape index (κ1) is 31.2. The Morgan fingerprint density at radius 3 is 2.26 bits per heavy atom. The van der Waals surface area contributed by atoms with Gasteiger partial charge in [0.25, 0.3) is 0 Å². The Morgan fingerprint density at radius 2 is 1.67 bits per heavy atom. The normalized spacial score (nSPS) is 34.0. The molecule has 9 atom stereocenters. The van der Waals surface area contributed by atoms with Crippen LogP contribution in [-0.4, -0.2) is 123 Å². The van der Waals surface area contributed by atoms with Gasteiger partial charge in [-0.1, -0.05) is 12.1 Å². The topological polar surface area (TPSA) is 234 Å². The fourth-order valence-electron chi connectivity index (χ4n) is 5.59. The Morgan fingerprint density at radius 1 is 1.00 bits per heavy atom. The summed E-state index contributed by atoms with van der Waals surface area (Å²) in [4.78, 5) is 13.5. The molecule has 15 nitrogen and oxygen atoms in total. The van der Waals surface area contributed by atoms with E-state index in [1.807, 2.05) is 0 Å². The van der Waals surface area contributed by atoms with Gasteiger partial charge in [0.2, 0.25) is 5.75 Å². The summed E-state index contributed by atoms with van der Waals surface area (Å²) in [5.74, 6) is -1.89. The maximum atomic E-state index is 13.5. The molecule has 236 valence electrons. The van der Waals surface area contributed by atoms with Gasteiger partial charge in [-0.3, -0.25) is 4.79 Å². The summed E-state index contributed by atoms with van der Waals surface area (Å²) in [7, 11) is 2.44. The van der Waals surface area contributed by atoms with Crippen LogP contribution >= 0.6 is 0 Å². The number of ketones is 1. The molecule has 2 fully saturated rings. The lowest BCUT2D eigenvalue weighted by Crippen LogP contribution is -2.58. The molecule has 2 unspecified atom stereocenters. The zero-order chi connectivity index (χ0) is 31.2. The fraction of sp³-hybridized carbons (Fsp3) is 0.536. The number of benzene rings is 2. The number of Topliss-reactive ketones (excluding diaryl/α,β-unsaturated/α-hetero) is 1. The van der Waals surface area contributed by atoms with E-state index in [4.69, 9.17) is 28.4 Å². The first-order chi connectivity index (χ1) is 20.5. The third kappa shape index (κ3) is 5.26. The average molecular weight is 611 g/mol. The number of ether oxygens (including phenoxy) is 6. The second-order valence-electron chi connectivity index (χ2n) is 10.6. The predicted octanol–water partition coefficient (Wildman–Crippen LogP) is -1.20. The van der Waals surface area contributed by atoms with Crippen molar-refractivity contribution in [3.05, 3.63) is 41.0 Å². The SMILES string of the molecule is COc1c(O)c2c(c([C@@H]3O[C@H](CO)[C@@H](O)[C@H](O)[C@H]3O[C@@H]3OCC(O)(CO)[C@H]3O)c1OC)OC(c1ccc(O)cc1)CC2=O. The summed E-state index contributed by atoms with van der Waals surface area (Å²) in [6, 6.07) is 5.91. The molecule has 0 bridgehead atoms. The number of carbonyl (C=O) groups is 1. The number of rotatable bonds is 8. The van der Waals surface area contributed by atoms with E-state index < -0.39 is 86.0 Å². The number of phenolic OH excluding ortho intramolecular Hbond substituents is 2. The van der Waals surface area contributed by atoms with Crippen molar-refractivity contribution in [2.24, 2.45) is 0 Å². The molecule has 3 aliphatic heterocycles. The van der Waals surface area contributed by atoms with Gasteiger partial charge < -0.3 is 69.3 Å². The van der Waals surface area contributed by atoms with E-state index in [9.17, 15) is 45.6 Å². The average Bonchev–Trinajstić information content (AvgIpc) is 3.28. The number of aliphatic hydroxyl groups excluding tert-OH is 5. The third-order valence-corrected chi connectivity index (χ3v) is 7.98. The largest absolute Gasteiger partial charge is 0.508 e. The number of aromatic hydroxyl groups is 2. The van der Waals surface area contributed by atoms with Crippen LogP contribution in [0.1, 0.15) is 40.1 Å². The molecule has 0 saturated carbocycles. The smallest absolute Gasteiger partial charge is 0.204 e. The lowest BCUT2D eigenvalue weighted by atomic mass is 9.86. The van der Waals surface area contributed by atoms with Crippen molar-refractivity contribution in [2.75, 3.05) is 34.0 Å². The molecule has 2 saturated heterocycles. The van der Waals surface area contributed by atoms with E-state index in [1.54, 1.807) is 12.1 Å². The molecule has 43 heavy (non-hydrogen) atoms. The van der Waals surface area contributed by atoms with Crippen LogP contribution < -0.4 is 14.2 Å². The van der Waals surface area contributed by atoms with Crippen LogP contribution in [0.25, 0.3) is 0 Å². The van der Waals surface area contributed by atoms with Gasteiger partial charge in [-0.05, 0) is 17.7 Å². The number of phenols is 2. The van der Waals surface area contributed by atoms with Gasteiger partial charge in [0.1, 0.15) is 65.4 Å². The molecule has 3 aliphatic rings. The Bertz CT molecular complexity index is 1330. The zero-order valence-corrected chi connectivity index (χ0v) is 23.2. The van der Waals surface area contributed by atoms with Gasteiger partial charge in [0.05, 0.1) is 46.0 Å². The number of methoxy groups -OCH3 is 2. The molecule has 0 amide bonds. The number of hydrogen-bond donors (Lipinski definition) is 8. The van der Waals surface area contributed by atoms with Gasteiger partial charge in [0.15, 0.2) is 23.6 Å². The monoisotopic (exact) mass is 610 g/mol. The molecule has 0 spiro atoms. The highest BCUT2D eigenvalue weighted by Gasteiger charge is 2.54. The Kier molecular flexibility index (Phi) is 8.72.